The lowest BCUT2D eigenvalue weighted by Gasteiger charge is -2.26. The monoisotopic (exact) mass is 608 g/mol. The molecule has 0 radical (unpaired) electrons. The van der Waals surface area contributed by atoms with Gasteiger partial charge in [-0.15, -0.1) is 0 Å². The molecule has 3 rings (SSSR count). The molecule has 0 fully saturated rings. The van der Waals surface area contributed by atoms with Crippen LogP contribution in [0.4, 0.5) is 5.95 Å². The summed E-state index contributed by atoms with van der Waals surface area (Å²) in [5.41, 5.74) is 7.72. The van der Waals surface area contributed by atoms with E-state index in [4.69, 9.17) is 10.8 Å². The van der Waals surface area contributed by atoms with Crippen molar-refractivity contribution in [1.82, 2.24) is 15.3 Å². The Morgan fingerprint density at radius 3 is 2.43 bits per heavy atom. The maximum atomic E-state index is 12.5. The summed E-state index contributed by atoms with van der Waals surface area (Å²) in [6, 6.07) is 10.7. The van der Waals surface area contributed by atoms with Crippen LogP contribution >= 0.6 is 31.9 Å². The van der Waals surface area contributed by atoms with Gasteiger partial charge in [0.25, 0.3) is 11.5 Å². The maximum absolute atomic E-state index is 12.5. The van der Waals surface area contributed by atoms with E-state index in [0.29, 0.717) is 22.7 Å². The van der Waals surface area contributed by atoms with E-state index >= 15 is 0 Å². The van der Waals surface area contributed by atoms with Gasteiger partial charge in [-0.25, -0.2) is 9.78 Å². The molecular weight excluding hydrogens is 588 g/mol. The summed E-state index contributed by atoms with van der Waals surface area (Å²) in [6.07, 6.45) is -0.100. The van der Waals surface area contributed by atoms with Crippen LogP contribution in [0.15, 0.2) is 47.3 Å². The van der Waals surface area contributed by atoms with Crippen molar-refractivity contribution in [3.63, 3.8) is 0 Å². The summed E-state index contributed by atoms with van der Waals surface area (Å²) in [6.45, 7) is 0. The van der Waals surface area contributed by atoms with Crippen LogP contribution in [-0.2, 0) is 20.3 Å². The number of alkyl halides is 2. The molecule has 0 aliphatic rings. The highest BCUT2D eigenvalue weighted by Gasteiger charge is 2.29. The molecule has 2 unspecified atom stereocenters. The summed E-state index contributed by atoms with van der Waals surface area (Å²) < 4.78 is -0.575. The number of aromatic nitrogens is 2. The summed E-state index contributed by atoms with van der Waals surface area (Å²) in [5.74, 6) is -3.02. The summed E-state index contributed by atoms with van der Waals surface area (Å²) >= 11 is 7.31. The van der Waals surface area contributed by atoms with E-state index in [1.807, 2.05) is 6.07 Å². The normalized spacial score (nSPS) is 13.7. The number of nitrogens with two attached hydrogens (primary N) is 1. The van der Waals surface area contributed by atoms with Crippen LogP contribution in [-0.4, -0.2) is 49.4 Å². The van der Waals surface area contributed by atoms with Gasteiger partial charge in [-0.2, -0.15) is 0 Å². The van der Waals surface area contributed by atoms with Crippen LogP contribution in [0.1, 0.15) is 34.3 Å². The third kappa shape index (κ3) is 6.45. The number of nitrogens with zero attached hydrogens (tertiary/aromatic N) is 1. The Labute approximate surface area is 216 Å². The highest BCUT2D eigenvalue weighted by molar-refractivity contribution is 9.12. The van der Waals surface area contributed by atoms with Crippen LogP contribution in [0.5, 0.6) is 0 Å². The molecule has 2 aromatic carbocycles. The third-order valence-corrected chi connectivity index (χ3v) is 8.13. The number of carbonyl (C=O) groups excluding carboxylic acids is 1. The number of aromatic amines is 1. The van der Waals surface area contributed by atoms with Gasteiger partial charge in [-0.3, -0.25) is 19.4 Å². The summed E-state index contributed by atoms with van der Waals surface area (Å²) in [5, 5.41) is 21.3. The molecule has 35 heavy (non-hydrogen) atoms. The smallest absolute Gasteiger partial charge is 0.326 e. The predicted octanol–water partition coefficient (Wildman–Crippen LogP) is 2.78. The maximum Gasteiger partial charge on any atom is 0.326 e. The number of halogens is 2. The summed E-state index contributed by atoms with van der Waals surface area (Å²) in [7, 11) is 0. The minimum atomic E-state index is -1.31. The van der Waals surface area contributed by atoms with Gasteiger partial charge in [0.1, 0.15) is 6.04 Å². The first kappa shape index (κ1) is 26.4. The molecular formula is C23H22Br2N4O6. The molecule has 1 aromatic heterocycles. The zero-order chi connectivity index (χ0) is 25.8. The largest absolute Gasteiger partial charge is 0.481 e. The number of fused-ring (bicyclic) bond motifs is 1. The van der Waals surface area contributed by atoms with Crippen molar-refractivity contribution < 1.29 is 24.6 Å². The van der Waals surface area contributed by atoms with Gasteiger partial charge in [0.15, 0.2) is 0 Å². The highest BCUT2D eigenvalue weighted by Crippen LogP contribution is 2.37. The number of anilines is 1. The highest BCUT2D eigenvalue weighted by atomic mass is 79.9. The average molecular weight is 610 g/mol. The van der Waals surface area contributed by atoms with Crippen LogP contribution in [0, 0.1) is 0 Å². The molecule has 184 valence electrons. The number of H-pyrrole nitrogens is 1. The predicted molar refractivity (Wildman–Crippen MR) is 137 cm³/mol. The standard InChI is InChI=1S/C23H22Br2N4O6/c24-11-23(25,10-12-1-6-16-15(9-12)20(33)29-22(26)28-16)14-4-2-13(3-5-14)19(32)27-17(21(34)35)7-8-18(30)31/h1-6,9,17H,7-8,10-11H2,(H,27,32)(H,30,31)(H,34,35)(H3,26,28,29,33). The molecule has 0 saturated carbocycles. The molecule has 0 aliphatic heterocycles. The number of nitrogen functional groups attached to an aromatic ring is 1. The SMILES string of the molecule is Nc1nc2ccc(CC(Br)(CBr)c3ccc(C(=O)NC(CCC(=O)O)C(=O)O)cc3)cc2c(=O)[nH]1. The van der Waals surface area contributed by atoms with E-state index < -0.39 is 28.2 Å². The summed E-state index contributed by atoms with van der Waals surface area (Å²) in [4.78, 5) is 53.5. The van der Waals surface area contributed by atoms with Gasteiger partial charge in [0.05, 0.1) is 15.2 Å². The Kier molecular flexibility index (Phi) is 8.28. The van der Waals surface area contributed by atoms with Gasteiger partial charge >= 0.3 is 11.9 Å². The van der Waals surface area contributed by atoms with E-state index in [9.17, 15) is 24.3 Å². The van der Waals surface area contributed by atoms with E-state index in [-0.39, 0.29) is 29.9 Å². The number of rotatable bonds is 10. The molecule has 0 saturated heterocycles. The van der Waals surface area contributed by atoms with Gasteiger partial charge < -0.3 is 21.3 Å². The second-order valence-corrected chi connectivity index (χ2v) is 10.0. The Bertz CT molecular complexity index is 1330. The van der Waals surface area contributed by atoms with Gasteiger partial charge in [-0.1, -0.05) is 50.1 Å². The molecule has 3 aromatic rings. The fourth-order valence-corrected chi connectivity index (χ4v) is 4.66. The van der Waals surface area contributed by atoms with Crippen LogP contribution < -0.4 is 16.6 Å². The Morgan fingerprint density at radius 2 is 1.83 bits per heavy atom. The number of benzene rings is 2. The number of carboxylic acid groups (broad SMARTS) is 2. The van der Waals surface area contributed by atoms with Gasteiger partial charge in [0.2, 0.25) is 5.95 Å². The van der Waals surface area contributed by atoms with E-state index in [0.717, 1.165) is 11.1 Å². The van der Waals surface area contributed by atoms with Crippen molar-refractivity contribution in [2.24, 2.45) is 0 Å². The number of carboxylic acids is 2. The molecule has 0 bridgehead atoms. The Morgan fingerprint density at radius 1 is 1.14 bits per heavy atom. The van der Waals surface area contributed by atoms with Crippen LogP contribution in [0.3, 0.4) is 0 Å². The number of nitrogens with one attached hydrogen (secondary N) is 2. The van der Waals surface area contributed by atoms with E-state index in [1.165, 1.54) is 0 Å². The lowest BCUT2D eigenvalue weighted by Crippen LogP contribution is -2.41. The number of aliphatic carboxylic acids is 2. The van der Waals surface area contributed by atoms with Crippen LogP contribution in [0.25, 0.3) is 10.9 Å². The third-order valence-electron chi connectivity index (χ3n) is 5.40. The van der Waals surface area contributed by atoms with Gasteiger partial charge in [0, 0.05) is 17.3 Å². The molecule has 12 heteroatoms. The van der Waals surface area contributed by atoms with E-state index in [1.54, 1.807) is 36.4 Å². The van der Waals surface area contributed by atoms with E-state index in [2.05, 4.69) is 47.1 Å². The quantitative estimate of drug-likeness (QED) is 0.218. The fraction of sp³-hybridized carbons (Fsp3) is 0.261. The first-order valence-corrected chi connectivity index (χ1v) is 12.3. The van der Waals surface area contributed by atoms with Crippen molar-refractivity contribution in [1.29, 1.82) is 0 Å². The second kappa shape index (κ2) is 11.0. The first-order valence-electron chi connectivity index (χ1n) is 10.4. The minimum Gasteiger partial charge on any atom is -0.481 e. The fourth-order valence-electron chi connectivity index (χ4n) is 3.55. The molecule has 0 aliphatic carbocycles. The van der Waals surface area contributed by atoms with Crippen molar-refractivity contribution in [2.75, 3.05) is 11.1 Å². The zero-order valence-corrected chi connectivity index (χ0v) is 21.4. The lowest BCUT2D eigenvalue weighted by molar-refractivity contribution is -0.140. The number of hydrogen-bond acceptors (Lipinski definition) is 6. The van der Waals surface area contributed by atoms with Crippen molar-refractivity contribution >= 4 is 66.6 Å². The molecule has 10 nitrogen and oxygen atoms in total. The molecule has 6 N–H and O–H groups in total. The number of carbonyl (C=O) groups is 3. The number of hydrogen-bond donors (Lipinski definition) is 5. The Balaban J connectivity index is 1.79. The van der Waals surface area contributed by atoms with Crippen molar-refractivity contribution in [3.05, 3.63) is 69.5 Å². The van der Waals surface area contributed by atoms with Crippen LogP contribution in [0.2, 0.25) is 0 Å². The molecule has 1 heterocycles. The Hall–Kier alpha value is -3.25. The zero-order valence-electron chi connectivity index (χ0n) is 18.3. The average Bonchev–Trinajstić information content (AvgIpc) is 2.81. The minimum absolute atomic E-state index is 0.0474. The lowest BCUT2D eigenvalue weighted by atomic mass is 9.92. The second-order valence-electron chi connectivity index (χ2n) is 7.95. The molecule has 0 spiro atoms. The molecule has 1 amide bonds. The topological polar surface area (TPSA) is 175 Å². The number of amides is 1. The van der Waals surface area contributed by atoms with Gasteiger partial charge in [-0.05, 0) is 48.2 Å². The van der Waals surface area contributed by atoms with Crippen molar-refractivity contribution in [2.45, 2.75) is 29.6 Å². The first-order chi connectivity index (χ1) is 16.5. The van der Waals surface area contributed by atoms with Crippen molar-refractivity contribution in [3.8, 4) is 0 Å². The molecule has 2 atom stereocenters.